The third kappa shape index (κ3) is 6.11. The zero-order chi connectivity index (χ0) is 24.2. The van der Waals surface area contributed by atoms with Crippen molar-refractivity contribution in [1.82, 2.24) is 15.3 Å². The largest absolute Gasteiger partial charge is 0.395 e. The van der Waals surface area contributed by atoms with Crippen molar-refractivity contribution in [3.63, 3.8) is 0 Å². The Labute approximate surface area is 201 Å². The van der Waals surface area contributed by atoms with E-state index in [-0.39, 0.29) is 12.6 Å². The predicted octanol–water partition coefficient (Wildman–Crippen LogP) is 3.26. The van der Waals surface area contributed by atoms with E-state index in [0.29, 0.717) is 42.9 Å². The van der Waals surface area contributed by atoms with E-state index >= 15 is 0 Å². The van der Waals surface area contributed by atoms with Crippen LogP contribution in [0.1, 0.15) is 26.5 Å². The molecule has 0 bridgehead atoms. The first-order chi connectivity index (χ1) is 15.5. The van der Waals surface area contributed by atoms with Crippen molar-refractivity contribution in [1.29, 1.82) is 0 Å². The molecule has 1 aromatic heterocycles. The number of ether oxygens (including phenoxy) is 1. The Balaban J connectivity index is 1.97. The van der Waals surface area contributed by atoms with Crippen LogP contribution in [0.15, 0.2) is 30.3 Å². The molecule has 2 heterocycles. The monoisotopic (exact) mass is 495 g/mol. The maximum Gasteiger partial charge on any atom is 0.170 e. The quantitative estimate of drug-likeness (QED) is 0.366. The number of hydrogen-bond acceptors (Lipinski definition) is 8. The van der Waals surface area contributed by atoms with Crippen LogP contribution in [0.25, 0.3) is 11.4 Å². The minimum Gasteiger partial charge on any atom is -0.395 e. The molecule has 0 amide bonds. The van der Waals surface area contributed by atoms with E-state index in [0.717, 1.165) is 17.1 Å². The Morgan fingerprint density at radius 3 is 2.58 bits per heavy atom. The van der Waals surface area contributed by atoms with Gasteiger partial charge in [0.2, 0.25) is 0 Å². The highest BCUT2D eigenvalue weighted by Gasteiger charge is 2.35. The topological polar surface area (TPSA) is 123 Å². The SMILES string of the molecule is C[C@H]1COCCN1c1cc(C(C)(C)S(C)(O)O)nc(-c2ccc(NC(=S)NCCO)cc2)n1. The minimum absolute atomic E-state index is 0.00266. The highest BCUT2D eigenvalue weighted by molar-refractivity contribution is 8.24. The molecule has 1 fully saturated rings. The number of nitrogens with zero attached hydrogens (tertiary/aromatic N) is 3. The van der Waals surface area contributed by atoms with E-state index in [1.54, 1.807) is 13.8 Å². The summed E-state index contributed by atoms with van der Waals surface area (Å²) >= 11 is 5.20. The fraction of sp³-hybridized carbons (Fsp3) is 0.500. The van der Waals surface area contributed by atoms with Gasteiger partial charge in [-0.3, -0.25) is 9.11 Å². The number of aromatic nitrogens is 2. The lowest BCUT2D eigenvalue weighted by atomic mass is 10.1. The van der Waals surface area contributed by atoms with Crippen LogP contribution in [0.5, 0.6) is 0 Å². The highest BCUT2D eigenvalue weighted by atomic mass is 32.3. The van der Waals surface area contributed by atoms with Crippen LogP contribution in [-0.4, -0.2) is 74.5 Å². The normalized spacial score (nSPS) is 17.5. The highest BCUT2D eigenvalue weighted by Crippen LogP contribution is 2.55. The van der Waals surface area contributed by atoms with Crippen LogP contribution in [0, 0.1) is 0 Å². The lowest BCUT2D eigenvalue weighted by Gasteiger charge is -2.43. The minimum atomic E-state index is -2.93. The van der Waals surface area contributed by atoms with E-state index in [1.165, 1.54) is 6.26 Å². The molecule has 5 N–H and O–H groups in total. The zero-order valence-corrected chi connectivity index (χ0v) is 21.0. The van der Waals surface area contributed by atoms with Crippen LogP contribution >= 0.6 is 22.8 Å². The molecule has 0 saturated carbocycles. The van der Waals surface area contributed by atoms with E-state index in [2.05, 4.69) is 22.5 Å². The van der Waals surface area contributed by atoms with E-state index < -0.39 is 15.3 Å². The number of anilines is 2. The number of rotatable bonds is 7. The molecule has 1 aromatic carbocycles. The summed E-state index contributed by atoms with van der Waals surface area (Å²) in [6, 6.07) is 9.50. The van der Waals surface area contributed by atoms with Gasteiger partial charge in [-0.2, -0.15) is 10.6 Å². The lowest BCUT2D eigenvalue weighted by Crippen LogP contribution is -2.44. The van der Waals surface area contributed by atoms with Crippen LogP contribution < -0.4 is 15.5 Å². The molecule has 0 unspecified atom stereocenters. The Morgan fingerprint density at radius 2 is 1.97 bits per heavy atom. The predicted molar refractivity (Wildman–Crippen MR) is 138 cm³/mol. The molecule has 9 nitrogen and oxygen atoms in total. The molecular weight excluding hydrogens is 462 g/mol. The molecular formula is C22H33N5O4S2. The summed E-state index contributed by atoms with van der Waals surface area (Å²) in [5.41, 5.74) is 2.15. The van der Waals surface area contributed by atoms with E-state index in [9.17, 15) is 9.11 Å². The second kappa shape index (κ2) is 10.5. The van der Waals surface area contributed by atoms with Gasteiger partial charge < -0.3 is 25.4 Å². The number of hydrogen-bond donors (Lipinski definition) is 5. The van der Waals surface area contributed by atoms with Gasteiger partial charge in [-0.25, -0.2) is 9.97 Å². The summed E-state index contributed by atoms with van der Waals surface area (Å²) in [7, 11) is -2.93. The van der Waals surface area contributed by atoms with Crippen LogP contribution in [-0.2, 0) is 9.48 Å². The first-order valence-corrected chi connectivity index (χ1v) is 13.1. The Morgan fingerprint density at radius 1 is 1.27 bits per heavy atom. The van der Waals surface area contributed by atoms with Gasteiger partial charge in [0.15, 0.2) is 10.9 Å². The summed E-state index contributed by atoms with van der Waals surface area (Å²) in [4.78, 5) is 11.7. The average Bonchev–Trinajstić information content (AvgIpc) is 2.77. The molecule has 1 atom stereocenters. The number of thiocarbonyl (C=S) groups is 1. The fourth-order valence-electron chi connectivity index (χ4n) is 3.33. The molecule has 1 aliphatic heterocycles. The molecule has 0 radical (unpaired) electrons. The Kier molecular flexibility index (Phi) is 8.14. The summed E-state index contributed by atoms with van der Waals surface area (Å²) in [6.45, 7) is 7.93. The van der Waals surface area contributed by atoms with Gasteiger partial charge in [-0.1, -0.05) is 0 Å². The standard InChI is InChI=1S/C22H33N5O4S2/c1-15-14-31-12-10-27(15)19-13-18(22(2,3)33(4,29)30)25-20(26-19)16-5-7-17(8-6-16)24-21(32)23-9-11-28/h5-8,13,15,28-30H,9-12,14H2,1-4H3,(H2,23,24,32)/t15-/m0/s1. The third-order valence-electron chi connectivity index (χ3n) is 5.76. The Hall–Kier alpha value is -2.02. The van der Waals surface area contributed by atoms with Gasteiger partial charge in [0.05, 0.1) is 36.3 Å². The molecule has 33 heavy (non-hydrogen) atoms. The summed E-state index contributed by atoms with van der Waals surface area (Å²) in [6.07, 6.45) is 1.44. The number of aliphatic hydroxyl groups excluding tert-OH is 1. The van der Waals surface area contributed by atoms with Gasteiger partial charge in [0.25, 0.3) is 0 Å². The summed E-state index contributed by atoms with van der Waals surface area (Å²) in [5.74, 6) is 1.24. The molecule has 182 valence electrons. The smallest absolute Gasteiger partial charge is 0.170 e. The van der Waals surface area contributed by atoms with Gasteiger partial charge in [-0.15, -0.1) is 0 Å². The van der Waals surface area contributed by atoms with Crippen molar-refractivity contribution in [3.8, 4) is 11.4 Å². The Bertz CT molecular complexity index is 966. The second-order valence-corrected chi connectivity index (χ2v) is 11.7. The van der Waals surface area contributed by atoms with Crippen molar-refractivity contribution in [2.75, 3.05) is 49.4 Å². The maximum atomic E-state index is 10.5. The molecule has 0 aliphatic carbocycles. The lowest BCUT2D eigenvalue weighted by molar-refractivity contribution is 0.0985. The molecule has 0 spiro atoms. The fourth-order valence-corrected chi connectivity index (χ4v) is 4.05. The molecule has 1 saturated heterocycles. The number of aliphatic hydroxyl groups is 1. The first kappa shape index (κ1) is 25.6. The van der Waals surface area contributed by atoms with Crippen LogP contribution in [0.3, 0.4) is 0 Å². The van der Waals surface area contributed by atoms with Crippen molar-refractivity contribution < 1.29 is 18.9 Å². The van der Waals surface area contributed by atoms with Crippen molar-refractivity contribution in [3.05, 3.63) is 36.0 Å². The summed E-state index contributed by atoms with van der Waals surface area (Å²) < 4.78 is 25.6. The van der Waals surface area contributed by atoms with Crippen LogP contribution in [0.4, 0.5) is 11.5 Å². The van der Waals surface area contributed by atoms with Gasteiger partial charge in [0.1, 0.15) is 5.82 Å². The van der Waals surface area contributed by atoms with Crippen molar-refractivity contribution >= 4 is 39.4 Å². The van der Waals surface area contributed by atoms with Crippen molar-refractivity contribution in [2.24, 2.45) is 0 Å². The molecule has 2 aromatic rings. The van der Waals surface area contributed by atoms with Crippen molar-refractivity contribution in [2.45, 2.75) is 31.6 Å². The van der Waals surface area contributed by atoms with E-state index in [4.69, 9.17) is 32.0 Å². The van der Waals surface area contributed by atoms with Gasteiger partial charge in [0, 0.05) is 36.7 Å². The van der Waals surface area contributed by atoms with Gasteiger partial charge in [-0.05, 0) is 57.3 Å². The second-order valence-electron chi connectivity index (χ2n) is 8.58. The first-order valence-electron chi connectivity index (χ1n) is 10.8. The maximum absolute atomic E-state index is 10.5. The zero-order valence-electron chi connectivity index (χ0n) is 19.4. The molecule has 11 heteroatoms. The number of morpholine rings is 1. The molecule has 1 aliphatic rings. The third-order valence-corrected chi connectivity index (χ3v) is 8.15. The number of benzene rings is 1. The van der Waals surface area contributed by atoms with E-state index in [1.807, 2.05) is 30.3 Å². The summed E-state index contributed by atoms with van der Waals surface area (Å²) in [5, 5.41) is 15.3. The van der Waals surface area contributed by atoms with Gasteiger partial charge >= 0.3 is 0 Å². The van der Waals surface area contributed by atoms with Crippen LogP contribution in [0.2, 0.25) is 0 Å². The molecule has 3 rings (SSSR count). The average molecular weight is 496 g/mol. The number of nitrogens with one attached hydrogen (secondary N) is 2.